The molecule has 1 aliphatic heterocycles. The lowest BCUT2D eigenvalue weighted by molar-refractivity contribution is 0.0336. The van der Waals surface area contributed by atoms with Gasteiger partial charge >= 0.3 is 0 Å². The largest absolute Gasteiger partial charge is 0.454 e. The lowest BCUT2D eigenvalue weighted by atomic mass is 9.89. The highest BCUT2D eigenvalue weighted by molar-refractivity contribution is 7.92. The Bertz CT molecular complexity index is 947. The van der Waals surface area contributed by atoms with Crippen LogP contribution in [0, 0.1) is 12.8 Å². The monoisotopic (exact) mass is 375 g/mol. The van der Waals surface area contributed by atoms with E-state index in [1.165, 1.54) is 0 Å². The second kappa shape index (κ2) is 5.89. The van der Waals surface area contributed by atoms with Crippen molar-refractivity contribution in [2.45, 2.75) is 37.2 Å². The van der Waals surface area contributed by atoms with Crippen LogP contribution in [0.15, 0.2) is 41.3 Å². The number of hydrogen-bond donors (Lipinski definition) is 2. The summed E-state index contributed by atoms with van der Waals surface area (Å²) in [7, 11) is -3.79. The number of nitrogens with one attached hydrogen (secondary N) is 1. The highest BCUT2D eigenvalue weighted by atomic mass is 32.2. The first kappa shape index (κ1) is 17.2. The molecule has 1 atom stereocenters. The Morgan fingerprint density at radius 3 is 2.35 bits per heavy atom. The van der Waals surface area contributed by atoms with Crippen molar-refractivity contribution < 1.29 is 23.0 Å². The molecule has 1 saturated carbocycles. The number of fused-ring (bicyclic) bond motifs is 1. The zero-order chi connectivity index (χ0) is 18.5. The van der Waals surface area contributed by atoms with Gasteiger partial charge in [0.05, 0.1) is 16.2 Å². The second-order valence-electron chi connectivity index (χ2n) is 7.09. The molecule has 138 valence electrons. The van der Waals surface area contributed by atoms with Crippen molar-refractivity contribution in [3.8, 4) is 11.5 Å². The van der Waals surface area contributed by atoms with Crippen LogP contribution in [0.1, 0.15) is 30.9 Å². The molecule has 0 amide bonds. The topological polar surface area (TPSA) is 84.9 Å². The second-order valence-corrected chi connectivity index (χ2v) is 8.77. The van der Waals surface area contributed by atoms with Crippen LogP contribution in [-0.2, 0) is 15.6 Å². The minimum absolute atomic E-state index is 0.0779. The van der Waals surface area contributed by atoms with E-state index in [9.17, 15) is 13.5 Å². The third-order valence-electron chi connectivity index (χ3n) is 5.01. The normalized spacial score (nSPS) is 18.4. The average molecular weight is 375 g/mol. The molecule has 0 bridgehead atoms. The van der Waals surface area contributed by atoms with Gasteiger partial charge < -0.3 is 14.6 Å². The van der Waals surface area contributed by atoms with Crippen LogP contribution in [0.25, 0.3) is 0 Å². The van der Waals surface area contributed by atoms with Crippen molar-refractivity contribution in [3.05, 3.63) is 47.5 Å². The number of benzene rings is 2. The Morgan fingerprint density at radius 1 is 1.12 bits per heavy atom. The average Bonchev–Trinajstić information content (AvgIpc) is 3.34. The molecule has 4 rings (SSSR count). The maximum Gasteiger partial charge on any atom is 0.261 e. The van der Waals surface area contributed by atoms with Crippen LogP contribution in [0.2, 0.25) is 0 Å². The van der Waals surface area contributed by atoms with E-state index in [4.69, 9.17) is 9.47 Å². The fourth-order valence-corrected chi connectivity index (χ4v) is 4.30. The molecular formula is C19H21NO5S. The van der Waals surface area contributed by atoms with Gasteiger partial charge in [0.1, 0.15) is 0 Å². The lowest BCUT2D eigenvalue weighted by Gasteiger charge is -2.27. The predicted octanol–water partition coefficient (Wildman–Crippen LogP) is 3.14. The van der Waals surface area contributed by atoms with E-state index in [1.54, 1.807) is 43.3 Å². The van der Waals surface area contributed by atoms with Crippen molar-refractivity contribution in [3.63, 3.8) is 0 Å². The van der Waals surface area contributed by atoms with Gasteiger partial charge in [-0.25, -0.2) is 8.42 Å². The molecule has 2 aromatic carbocycles. The van der Waals surface area contributed by atoms with Gasteiger partial charge in [0.25, 0.3) is 10.0 Å². The first-order chi connectivity index (χ1) is 12.3. The number of hydrogen-bond acceptors (Lipinski definition) is 5. The minimum atomic E-state index is -3.79. The summed E-state index contributed by atoms with van der Waals surface area (Å²) in [6.07, 6.45) is 1.82. The molecule has 1 unspecified atom stereocenters. The molecule has 0 spiro atoms. The van der Waals surface area contributed by atoms with Crippen molar-refractivity contribution in [1.29, 1.82) is 0 Å². The Balaban J connectivity index is 1.77. The van der Waals surface area contributed by atoms with Crippen molar-refractivity contribution >= 4 is 15.7 Å². The van der Waals surface area contributed by atoms with Crippen LogP contribution in [0.4, 0.5) is 5.69 Å². The summed E-state index contributed by atoms with van der Waals surface area (Å²) in [6, 6.07) is 9.87. The molecule has 1 aliphatic carbocycles. The molecule has 26 heavy (non-hydrogen) atoms. The summed E-state index contributed by atoms with van der Waals surface area (Å²) in [6.45, 7) is 3.69. The fraction of sp³-hybridized carbons (Fsp3) is 0.368. The number of aliphatic hydroxyl groups is 1. The number of sulfonamides is 1. The van der Waals surface area contributed by atoms with Crippen LogP contribution in [0.3, 0.4) is 0 Å². The number of anilines is 1. The zero-order valence-corrected chi connectivity index (χ0v) is 15.5. The van der Waals surface area contributed by atoms with E-state index in [-0.39, 0.29) is 17.6 Å². The van der Waals surface area contributed by atoms with Gasteiger partial charge in [-0.2, -0.15) is 0 Å². The van der Waals surface area contributed by atoms with Crippen LogP contribution < -0.4 is 14.2 Å². The van der Waals surface area contributed by atoms with Gasteiger partial charge in [-0.05, 0) is 50.8 Å². The van der Waals surface area contributed by atoms with E-state index >= 15 is 0 Å². The smallest absolute Gasteiger partial charge is 0.261 e. The minimum Gasteiger partial charge on any atom is -0.454 e. The number of aryl methyl sites for hydroxylation is 1. The third kappa shape index (κ3) is 3.01. The Hall–Kier alpha value is -2.25. The summed E-state index contributed by atoms with van der Waals surface area (Å²) >= 11 is 0. The van der Waals surface area contributed by atoms with Crippen LogP contribution >= 0.6 is 0 Å². The Labute approximate surface area is 152 Å². The SMILES string of the molecule is Cc1ccc(S(=O)(=O)Nc2cc3c(cc2C(C)(O)C2CC2)OCO3)cc1. The molecule has 0 saturated heterocycles. The Morgan fingerprint density at radius 2 is 1.73 bits per heavy atom. The van der Waals surface area contributed by atoms with Crippen LogP contribution in [0.5, 0.6) is 11.5 Å². The van der Waals surface area contributed by atoms with Gasteiger partial charge in [-0.1, -0.05) is 17.7 Å². The molecule has 1 heterocycles. The molecule has 0 aromatic heterocycles. The summed E-state index contributed by atoms with van der Waals surface area (Å²) < 4.78 is 39.0. The summed E-state index contributed by atoms with van der Waals surface area (Å²) in [5.41, 5.74) is 0.641. The molecular weight excluding hydrogens is 354 g/mol. The van der Waals surface area contributed by atoms with Gasteiger partial charge in [0, 0.05) is 11.6 Å². The van der Waals surface area contributed by atoms with Gasteiger partial charge in [0.2, 0.25) is 6.79 Å². The van der Waals surface area contributed by atoms with E-state index in [0.717, 1.165) is 18.4 Å². The molecule has 0 radical (unpaired) electrons. The number of ether oxygens (including phenoxy) is 2. The van der Waals surface area contributed by atoms with E-state index < -0.39 is 15.6 Å². The zero-order valence-electron chi connectivity index (χ0n) is 14.7. The molecule has 2 N–H and O–H groups in total. The fourth-order valence-electron chi connectivity index (χ4n) is 3.23. The maximum atomic E-state index is 12.8. The first-order valence-electron chi connectivity index (χ1n) is 8.53. The summed E-state index contributed by atoms with van der Waals surface area (Å²) in [5.74, 6) is 1.08. The lowest BCUT2D eigenvalue weighted by Crippen LogP contribution is -2.26. The van der Waals surface area contributed by atoms with E-state index in [0.29, 0.717) is 22.7 Å². The molecule has 2 aliphatic rings. The van der Waals surface area contributed by atoms with Crippen molar-refractivity contribution in [1.82, 2.24) is 0 Å². The molecule has 2 aromatic rings. The first-order valence-corrected chi connectivity index (χ1v) is 10.0. The maximum absolute atomic E-state index is 12.8. The molecule has 7 heteroatoms. The van der Waals surface area contributed by atoms with Gasteiger partial charge in [-0.3, -0.25) is 4.72 Å². The predicted molar refractivity (Wildman–Crippen MR) is 96.8 cm³/mol. The standard InChI is InChI=1S/C19H21NO5S/c1-12-3-7-14(8-4-12)26(22,23)20-16-10-18-17(24-11-25-18)9-15(16)19(2,21)13-5-6-13/h3-4,7-10,13,20-21H,5-6,11H2,1-2H3. The van der Waals surface area contributed by atoms with Gasteiger partial charge in [-0.15, -0.1) is 0 Å². The quantitative estimate of drug-likeness (QED) is 0.839. The molecule has 6 nitrogen and oxygen atoms in total. The van der Waals surface area contributed by atoms with Crippen molar-refractivity contribution in [2.75, 3.05) is 11.5 Å². The third-order valence-corrected chi connectivity index (χ3v) is 6.39. The van der Waals surface area contributed by atoms with Crippen molar-refractivity contribution in [2.24, 2.45) is 5.92 Å². The number of rotatable bonds is 5. The van der Waals surface area contributed by atoms with E-state index in [1.807, 2.05) is 6.92 Å². The summed E-state index contributed by atoms with van der Waals surface area (Å²) in [5, 5.41) is 11.0. The molecule has 1 fully saturated rings. The van der Waals surface area contributed by atoms with Crippen LogP contribution in [-0.4, -0.2) is 20.3 Å². The van der Waals surface area contributed by atoms with E-state index in [2.05, 4.69) is 4.72 Å². The highest BCUT2D eigenvalue weighted by Gasteiger charge is 2.43. The Kier molecular flexibility index (Phi) is 3.89. The summed E-state index contributed by atoms with van der Waals surface area (Å²) in [4.78, 5) is 0.165. The van der Waals surface area contributed by atoms with Gasteiger partial charge in [0.15, 0.2) is 11.5 Å². The highest BCUT2D eigenvalue weighted by Crippen LogP contribution is 2.50.